The van der Waals surface area contributed by atoms with Crippen molar-refractivity contribution >= 4 is 52.0 Å². The molecule has 2 aliphatic heterocycles. The Morgan fingerprint density at radius 3 is 2.39 bits per heavy atom. The summed E-state index contributed by atoms with van der Waals surface area (Å²) in [5, 5.41) is 4.14. The maximum absolute atomic E-state index is 12.9. The molecule has 2 heterocycles. The van der Waals surface area contributed by atoms with Crippen LogP contribution in [-0.2, 0) is 9.59 Å². The van der Waals surface area contributed by atoms with Gasteiger partial charge in [-0.25, -0.2) is 0 Å². The second kappa shape index (κ2) is 7.81. The number of nitrogens with zero attached hydrogens (tertiary/aromatic N) is 2. The van der Waals surface area contributed by atoms with E-state index < -0.39 is 5.78 Å². The Morgan fingerprint density at radius 1 is 1.18 bits per heavy atom. The Kier molecular flexibility index (Phi) is 5.63. The van der Waals surface area contributed by atoms with Gasteiger partial charge in [-0.3, -0.25) is 24.8 Å². The second-order valence-electron chi connectivity index (χ2n) is 6.80. The zero-order valence-electron chi connectivity index (χ0n) is 15.3. The number of hydrogen-bond donors (Lipinski definition) is 1. The number of hydrogen-bond acceptors (Lipinski definition) is 6. The summed E-state index contributed by atoms with van der Waals surface area (Å²) in [5.74, 6) is -0.844. The fourth-order valence-corrected chi connectivity index (χ4v) is 3.60. The van der Waals surface area contributed by atoms with Gasteiger partial charge in [0.05, 0.1) is 22.0 Å². The number of dihydropyridines is 1. The van der Waals surface area contributed by atoms with Gasteiger partial charge in [-0.2, -0.15) is 5.10 Å². The highest BCUT2D eigenvalue weighted by Crippen LogP contribution is 2.29. The van der Waals surface area contributed by atoms with Crippen LogP contribution in [0.1, 0.15) is 36.2 Å². The smallest absolute Gasteiger partial charge is 0.213 e. The molecular weight excluding hydrogens is 401 g/mol. The summed E-state index contributed by atoms with van der Waals surface area (Å²) in [4.78, 5) is 41.1. The molecule has 0 aromatic heterocycles. The first-order valence-electron chi connectivity index (χ1n) is 8.57. The minimum atomic E-state index is -0.476. The van der Waals surface area contributed by atoms with Crippen LogP contribution < -0.4 is 5.43 Å². The quantitative estimate of drug-likeness (QED) is 0.758. The van der Waals surface area contributed by atoms with E-state index in [1.54, 1.807) is 0 Å². The van der Waals surface area contributed by atoms with Crippen LogP contribution >= 0.6 is 23.2 Å². The van der Waals surface area contributed by atoms with Crippen LogP contribution in [0, 0.1) is 5.92 Å². The van der Waals surface area contributed by atoms with Crippen molar-refractivity contribution in [3.8, 4) is 0 Å². The molecule has 3 rings (SSSR count). The van der Waals surface area contributed by atoms with Gasteiger partial charge in [-0.15, -0.1) is 0 Å². The number of hydrazone groups is 1. The number of allylic oxidation sites excluding steroid dienone is 2. The van der Waals surface area contributed by atoms with Gasteiger partial charge in [0.2, 0.25) is 5.78 Å². The molecule has 144 valence electrons. The Hall–Kier alpha value is -2.57. The lowest BCUT2D eigenvalue weighted by molar-refractivity contribution is -0.115. The molecule has 1 N–H and O–H groups in total. The van der Waals surface area contributed by atoms with Crippen molar-refractivity contribution in [3.63, 3.8) is 0 Å². The van der Waals surface area contributed by atoms with Gasteiger partial charge in [-0.05, 0) is 24.1 Å². The van der Waals surface area contributed by atoms with Crippen LogP contribution in [0.15, 0.2) is 46.2 Å². The van der Waals surface area contributed by atoms with Crippen LogP contribution in [0.3, 0.4) is 0 Å². The highest BCUT2D eigenvalue weighted by molar-refractivity contribution is 6.56. The second-order valence-corrected chi connectivity index (χ2v) is 7.61. The summed E-state index contributed by atoms with van der Waals surface area (Å²) < 4.78 is 0. The largest absolute Gasteiger partial charge is 0.292 e. The van der Waals surface area contributed by atoms with E-state index in [0.717, 1.165) is 0 Å². The number of halogens is 2. The first kappa shape index (κ1) is 20.2. The summed E-state index contributed by atoms with van der Waals surface area (Å²) in [6.07, 6.45) is 1.60. The van der Waals surface area contributed by atoms with Crippen molar-refractivity contribution in [2.75, 3.05) is 6.54 Å². The molecule has 0 spiro atoms. The van der Waals surface area contributed by atoms with Crippen molar-refractivity contribution in [1.29, 1.82) is 0 Å². The number of carbonyl (C=O) groups excluding carboxylic acids is 3. The van der Waals surface area contributed by atoms with E-state index in [2.05, 4.69) is 22.1 Å². The van der Waals surface area contributed by atoms with E-state index in [9.17, 15) is 14.4 Å². The Bertz CT molecular complexity index is 997. The average Bonchev–Trinajstić information content (AvgIpc) is 2.61. The molecule has 0 fully saturated rings. The predicted octanol–water partition coefficient (Wildman–Crippen LogP) is 3.56. The summed E-state index contributed by atoms with van der Waals surface area (Å²) in [5.41, 5.74) is 4.46. The van der Waals surface area contributed by atoms with Crippen molar-refractivity contribution in [2.45, 2.75) is 20.3 Å². The lowest BCUT2D eigenvalue weighted by Gasteiger charge is -2.17. The molecule has 0 saturated carbocycles. The lowest BCUT2D eigenvalue weighted by atomic mass is 9.92. The van der Waals surface area contributed by atoms with Gasteiger partial charge < -0.3 is 0 Å². The van der Waals surface area contributed by atoms with Gasteiger partial charge in [0.15, 0.2) is 11.6 Å². The molecule has 6 nitrogen and oxygen atoms in total. The molecule has 0 aliphatic carbocycles. The van der Waals surface area contributed by atoms with E-state index >= 15 is 0 Å². The third-order valence-electron chi connectivity index (χ3n) is 4.37. The average molecular weight is 418 g/mol. The standard InChI is InChI=1S/C20H17Cl2N3O3/c1-9(2)12-7-15(23-8-17(12)27)20(28)18-13(21)5-11(6-14(18)22)19-16(26)4-10(3)24-25-19/h5-7,9,24H,3-4,8H2,1-2H3. The molecule has 1 aromatic carbocycles. The van der Waals surface area contributed by atoms with Crippen molar-refractivity contribution in [2.24, 2.45) is 16.0 Å². The number of benzene rings is 1. The molecule has 28 heavy (non-hydrogen) atoms. The number of carbonyl (C=O) groups is 3. The van der Waals surface area contributed by atoms with E-state index in [0.29, 0.717) is 16.8 Å². The fourth-order valence-electron chi connectivity index (χ4n) is 2.94. The van der Waals surface area contributed by atoms with Crippen LogP contribution in [0.2, 0.25) is 10.0 Å². The van der Waals surface area contributed by atoms with E-state index in [1.807, 2.05) is 13.8 Å². The third kappa shape index (κ3) is 3.84. The molecule has 0 radical (unpaired) electrons. The van der Waals surface area contributed by atoms with E-state index in [4.69, 9.17) is 23.2 Å². The van der Waals surface area contributed by atoms with Gasteiger partial charge in [0.1, 0.15) is 18.0 Å². The Morgan fingerprint density at radius 2 is 1.82 bits per heavy atom. The van der Waals surface area contributed by atoms with E-state index in [-0.39, 0.29) is 57.5 Å². The number of ketones is 3. The minimum absolute atomic E-state index is 0.0308. The highest BCUT2D eigenvalue weighted by Gasteiger charge is 2.27. The van der Waals surface area contributed by atoms with E-state index in [1.165, 1.54) is 18.2 Å². The van der Waals surface area contributed by atoms with Crippen molar-refractivity contribution in [1.82, 2.24) is 5.43 Å². The molecule has 0 bridgehead atoms. The molecule has 0 amide bonds. The van der Waals surface area contributed by atoms with Gasteiger partial charge in [0, 0.05) is 16.8 Å². The number of aliphatic imine (C=N–C) groups is 1. The highest BCUT2D eigenvalue weighted by atomic mass is 35.5. The zero-order valence-corrected chi connectivity index (χ0v) is 16.8. The Labute approximate surface area is 172 Å². The summed E-state index contributed by atoms with van der Waals surface area (Å²) in [6, 6.07) is 2.93. The topological polar surface area (TPSA) is 88.0 Å². The van der Waals surface area contributed by atoms with Gasteiger partial charge in [0.25, 0.3) is 0 Å². The molecular formula is C20H17Cl2N3O3. The first-order valence-corrected chi connectivity index (χ1v) is 9.32. The molecule has 0 saturated heterocycles. The molecule has 0 unspecified atom stereocenters. The number of Topliss-reactive ketones (excluding diaryl/α,β-unsaturated/α-hetero) is 3. The van der Waals surface area contributed by atoms with Crippen LogP contribution in [0.5, 0.6) is 0 Å². The third-order valence-corrected chi connectivity index (χ3v) is 4.96. The first-order chi connectivity index (χ1) is 13.2. The number of nitrogens with one attached hydrogen (secondary N) is 1. The van der Waals surface area contributed by atoms with Crippen molar-refractivity contribution in [3.05, 3.63) is 57.2 Å². The Balaban J connectivity index is 1.98. The van der Waals surface area contributed by atoms with Crippen LogP contribution in [-0.4, -0.2) is 35.3 Å². The maximum atomic E-state index is 12.9. The molecule has 8 heteroatoms. The van der Waals surface area contributed by atoms with Crippen molar-refractivity contribution < 1.29 is 14.4 Å². The lowest BCUT2D eigenvalue weighted by Crippen LogP contribution is -2.27. The summed E-state index contributed by atoms with van der Waals surface area (Å²) >= 11 is 12.6. The van der Waals surface area contributed by atoms with Crippen LogP contribution in [0.4, 0.5) is 0 Å². The van der Waals surface area contributed by atoms with Gasteiger partial charge in [-0.1, -0.05) is 43.6 Å². The summed E-state index contributed by atoms with van der Waals surface area (Å²) in [7, 11) is 0. The minimum Gasteiger partial charge on any atom is -0.292 e. The maximum Gasteiger partial charge on any atom is 0.213 e. The fraction of sp³-hybridized carbons (Fsp3) is 0.250. The molecule has 0 atom stereocenters. The molecule has 2 aliphatic rings. The normalized spacial score (nSPS) is 17.2. The van der Waals surface area contributed by atoms with Crippen LogP contribution in [0.25, 0.3) is 0 Å². The monoisotopic (exact) mass is 417 g/mol. The summed E-state index contributed by atoms with van der Waals surface area (Å²) in [6.45, 7) is 7.32. The SMILES string of the molecule is C=C1CC(=O)C(c2cc(Cl)c(C(=O)C3=NCC(=O)C(C(C)C)=C3)c(Cl)c2)=NN1. The van der Waals surface area contributed by atoms with Gasteiger partial charge >= 0.3 is 0 Å². The molecule has 1 aromatic rings. The predicted molar refractivity (Wildman–Crippen MR) is 109 cm³/mol. The zero-order chi connectivity index (χ0) is 20.6. The number of rotatable bonds is 4.